The van der Waals surface area contributed by atoms with E-state index in [1.165, 1.54) is 11.1 Å². The van der Waals surface area contributed by atoms with Crippen LogP contribution in [-0.4, -0.2) is 67.1 Å². The van der Waals surface area contributed by atoms with Crippen LogP contribution in [0.5, 0.6) is 5.75 Å². The van der Waals surface area contributed by atoms with Crippen LogP contribution in [0.4, 0.5) is 4.79 Å². The summed E-state index contributed by atoms with van der Waals surface area (Å²) in [5.41, 5.74) is 2.62. The third-order valence-corrected chi connectivity index (χ3v) is 5.16. The van der Waals surface area contributed by atoms with E-state index < -0.39 is 0 Å². The Morgan fingerprint density at radius 1 is 1.12 bits per heavy atom. The Morgan fingerprint density at radius 2 is 1.88 bits per heavy atom. The molecule has 26 heavy (non-hydrogen) atoms. The summed E-state index contributed by atoms with van der Waals surface area (Å²) in [5.74, 6) is 0.797. The summed E-state index contributed by atoms with van der Waals surface area (Å²) in [7, 11) is 0. The standard InChI is InChI=1S/C19H26N4O3/c24-18(21-19(25)20-16-2-3-16)13-23-8-6-22(7-9-23)12-14-1-4-17-15(11-14)5-10-26-17/h1,4,11,16H,2-3,5-10,12-13H2,(H2,20,21,24,25). The van der Waals surface area contributed by atoms with Gasteiger partial charge < -0.3 is 10.1 Å². The molecule has 1 saturated carbocycles. The summed E-state index contributed by atoms with van der Waals surface area (Å²) in [6.45, 7) is 5.53. The van der Waals surface area contributed by atoms with Crippen molar-refractivity contribution in [1.29, 1.82) is 0 Å². The summed E-state index contributed by atoms with van der Waals surface area (Å²) in [6.07, 6.45) is 3.03. The first-order chi connectivity index (χ1) is 12.7. The molecule has 4 rings (SSSR count). The Morgan fingerprint density at radius 3 is 2.65 bits per heavy atom. The van der Waals surface area contributed by atoms with Crippen molar-refractivity contribution in [3.05, 3.63) is 29.3 Å². The molecule has 2 fully saturated rings. The molecule has 0 radical (unpaired) electrons. The fourth-order valence-electron chi connectivity index (χ4n) is 3.52. The van der Waals surface area contributed by atoms with Crippen molar-refractivity contribution in [3.63, 3.8) is 0 Å². The molecule has 3 amide bonds. The smallest absolute Gasteiger partial charge is 0.321 e. The molecule has 0 aromatic heterocycles. The topological polar surface area (TPSA) is 73.9 Å². The van der Waals surface area contributed by atoms with Crippen LogP contribution >= 0.6 is 0 Å². The third kappa shape index (κ3) is 4.53. The lowest BCUT2D eigenvalue weighted by atomic mass is 10.1. The van der Waals surface area contributed by atoms with Crippen molar-refractivity contribution in [1.82, 2.24) is 20.4 Å². The maximum Gasteiger partial charge on any atom is 0.321 e. The van der Waals surface area contributed by atoms with Gasteiger partial charge in [0.05, 0.1) is 13.2 Å². The number of imide groups is 1. The summed E-state index contributed by atoms with van der Waals surface area (Å²) in [4.78, 5) is 28.1. The van der Waals surface area contributed by atoms with Gasteiger partial charge in [-0.15, -0.1) is 0 Å². The van der Waals surface area contributed by atoms with Gasteiger partial charge in [-0.1, -0.05) is 12.1 Å². The van der Waals surface area contributed by atoms with Crippen molar-refractivity contribution in [2.75, 3.05) is 39.3 Å². The molecule has 0 atom stereocenters. The molecule has 3 aliphatic rings. The van der Waals surface area contributed by atoms with E-state index in [0.717, 1.165) is 64.3 Å². The van der Waals surface area contributed by atoms with Gasteiger partial charge in [-0.3, -0.25) is 19.9 Å². The minimum atomic E-state index is -0.364. The van der Waals surface area contributed by atoms with Gasteiger partial charge in [-0.2, -0.15) is 0 Å². The lowest BCUT2D eigenvalue weighted by molar-refractivity contribution is -0.121. The zero-order valence-corrected chi connectivity index (χ0v) is 15.0. The van der Waals surface area contributed by atoms with E-state index in [1.54, 1.807) is 0 Å². The first-order valence-electron chi connectivity index (χ1n) is 9.45. The lowest BCUT2D eigenvalue weighted by Gasteiger charge is -2.34. The van der Waals surface area contributed by atoms with Gasteiger partial charge in [0, 0.05) is 45.2 Å². The van der Waals surface area contributed by atoms with Gasteiger partial charge in [0.25, 0.3) is 0 Å². The van der Waals surface area contributed by atoms with Gasteiger partial charge >= 0.3 is 6.03 Å². The van der Waals surface area contributed by atoms with Crippen LogP contribution in [0.1, 0.15) is 24.0 Å². The number of urea groups is 1. The number of ether oxygens (including phenoxy) is 1. The highest BCUT2D eigenvalue weighted by Crippen LogP contribution is 2.26. The molecular formula is C19H26N4O3. The van der Waals surface area contributed by atoms with E-state index in [1.807, 2.05) is 0 Å². The number of carbonyl (C=O) groups excluding carboxylic acids is 2. The molecule has 7 nitrogen and oxygen atoms in total. The minimum absolute atomic E-state index is 0.227. The van der Waals surface area contributed by atoms with E-state index >= 15 is 0 Å². The minimum Gasteiger partial charge on any atom is -0.493 e. The summed E-state index contributed by atoms with van der Waals surface area (Å²) >= 11 is 0. The highest BCUT2D eigenvalue weighted by molar-refractivity contribution is 5.95. The molecule has 1 aromatic rings. The van der Waals surface area contributed by atoms with Crippen LogP contribution in [0.25, 0.3) is 0 Å². The van der Waals surface area contributed by atoms with Crippen molar-refractivity contribution >= 4 is 11.9 Å². The van der Waals surface area contributed by atoms with E-state index in [9.17, 15) is 9.59 Å². The number of amides is 3. The number of rotatable bonds is 5. The van der Waals surface area contributed by atoms with Gasteiger partial charge in [0.1, 0.15) is 5.75 Å². The average molecular weight is 358 g/mol. The predicted molar refractivity (Wildman–Crippen MR) is 97.1 cm³/mol. The monoisotopic (exact) mass is 358 g/mol. The number of hydrogen-bond donors (Lipinski definition) is 2. The maximum absolute atomic E-state index is 12.0. The molecule has 1 saturated heterocycles. The summed E-state index contributed by atoms with van der Waals surface area (Å²) < 4.78 is 5.56. The Labute approximate surface area is 153 Å². The van der Waals surface area contributed by atoms with Crippen LogP contribution < -0.4 is 15.4 Å². The number of hydrogen-bond acceptors (Lipinski definition) is 5. The fourth-order valence-corrected chi connectivity index (χ4v) is 3.52. The molecule has 0 unspecified atom stereocenters. The van der Waals surface area contributed by atoms with Crippen molar-refractivity contribution in [2.45, 2.75) is 31.8 Å². The van der Waals surface area contributed by atoms with Crippen molar-refractivity contribution in [3.8, 4) is 5.75 Å². The largest absolute Gasteiger partial charge is 0.493 e. The van der Waals surface area contributed by atoms with E-state index in [-0.39, 0.29) is 24.5 Å². The second-order valence-corrected chi connectivity index (χ2v) is 7.39. The normalized spacial score (nSPS) is 20.3. The van der Waals surface area contributed by atoms with Crippen LogP contribution in [0, 0.1) is 0 Å². The van der Waals surface area contributed by atoms with Gasteiger partial charge in [0.15, 0.2) is 0 Å². The van der Waals surface area contributed by atoms with Crippen LogP contribution in [0.2, 0.25) is 0 Å². The number of fused-ring (bicyclic) bond motifs is 1. The Hall–Kier alpha value is -2.12. The summed E-state index contributed by atoms with van der Waals surface area (Å²) in [5, 5.41) is 5.18. The first-order valence-corrected chi connectivity index (χ1v) is 9.45. The van der Waals surface area contributed by atoms with Crippen molar-refractivity contribution in [2.24, 2.45) is 0 Å². The number of nitrogens with zero attached hydrogens (tertiary/aromatic N) is 2. The molecule has 1 aromatic carbocycles. The van der Waals surface area contributed by atoms with E-state index in [2.05, 4.69) is 38.6 Å². The van der Waals surface area contributed by atoms with Gasteiger partial charge in [-0.25, -0.2) is 4.79 Å². The molecule has 2 aliphatic heterocycles. The average Bonchev–Trinajstić information content (AvgIpc) is 3.30. The van der Waals surface area contributed by atoms with Crippen molar-refractivity contribution < 1.29 is 14.3 Å². The highest BCUT2D eigenvalue weighted by Gasteiger charge is 2.25. The molecule has 7 heteroatoms. The van der Waals surface area contributed by atoms with Crippen LogP contribution in [0.15, 0.2) is 18.2 Å². The third-order valence-electron chi connectivity index (χ3n) is 5.16. The Balaban J connectivity index is 1.19. The summed E-state index contributed by atoms with van der Waals surface area (Å²) in [6, 6.07) is 6.36. The Bertz CT molecular complexity index is 681. The van der Waals surface area contributed by atoms with E-state index in [4.69, 9.17) is 4.74 Å². The van der Waals surface area contributed by atoms with Gasteiger partial charge in [0.2, 0.25) is 5.91 Å². The highest BCUT2D eigenvalue weighted by atomic mass is 16.5. The number of carbonyl (C=O) groups is 2. The SMILES string of the molecule is O=C(CN1CCN(Cc2ccc3c(c2)CCO3)CC1)NC(=O)NC1CC1. The number of nitrogens with one attached hydrogen (secondary N) is 2. The number of benzene rings is 1. The maximum atomic E-state index is 12.0. The molecule has 1 aliphatic carbocycles. The molecule has 140 valence electrons. The van der Waals surface area contributed by atoms with Crippen LogP contribution in [0.3, 0.4) is 0 Å². The molecular weight excluding hydrogens is 332 g/mol. The zero-order valence-electron chi connectivity index (χ0n) is 15.0. The molecule has 2 heterocycles. The second-order valence-electron chi connectivity index (χ2n) is 7.39. The quantitative estimate of drug-likeness (QED) is 0.812. The first kappa shape index (κ1) is 17.3. The zero-order chi connectivity index (χ0) is 17.9. The molecule has 0 bridgehead atoms. The van der Waals surface area contributed by atoms with Crippen LogP contribution in [-0.2, 0) is 17.8 Å². The lowest BCUT2D eigenvalue weighted by Crippen LogP contribution is -2.50. The Kier molecular flexibility index (Phi) is 5.08. The molecule has 2 N–H and O–H groups in total. The number of piperazine rings is 1. The molecule has 0 spiro atoms. The van der Waals surface area contributed by atoms with E-state index in [0.29, 0.717) is 0 Å². The van der Waals surface area contributed by atoms with Gasteiger partial charge in [-0.05, 0) is 30.0 Å². The fraction of sp³-hybridized carbons (Fsp3) is 0.579. The second kappa shape index (κ2) is 7.63. The predicted octanol–water partition coefficient (Wildman–Crippen LogP) is 0.727.